The third kappa shape index (κ3) is 3.40. The molecule has 0 unspecified atom stereocenters. The predicted molar refractivity (Wildman–Crippen MR) is 84.3 cm³/mol. The number of para-hydroxylation sites is 1. The Kier molecular flexibility index (Phi) is 4.15. The summed E-state index contributed by atoms with van der Waals surface area (Å²) in [4.78, 5) is 0. The van der Waals surface area contributed by atoms with Crippen LogP contribution < -0.4 is 10.5 Å². The second-order valence-corrected chi connectivity index (χ2v) is 6.21. The van der Waals surface area contributed by atoms with E-state index in [0.717, 1.165) is 17.1 Å². The monoisotopic (exact) mass is 269 g/mol. The summed E-state index contributed by atoms with van der Waals surface area (Å²) in [6.45, 7) is 8.56. The first-order valence-corrected chi connectivity index (χ1v) is 7.01. The highest BCUT2D eigenvalue weighted by Gasteiger charge is 2.15. The first-order valence-electron chi connectivity index (χ1n) is 7.01. The molecule has 0 aliphatic rings. The van der Waals surface area contributed by atoms with Gasteiger partial charge in [-0.1, -0.05) is 51.1 Å². The lowest BCUT2D eigenvalue weighted by molar-refractivity contribution is 0.468. The Morgan fingerprint density at radius 3 is 2.35 bits per heavy atom. The van der Waals surface area contributed by atoms with Crippen molar-refractivity contribution in [3.05, 3.63) is 59.7 Å². The van der Waals surface area contributed by atoms with E-state index >= 15 is 0 Å². The van der Waals surface area contributed by atoms with Gasteiger partial charge in [-0.25, -0.2) is 0 Å². The fourth-order valence-electron chi connectivity index (χ4n) is 2.10. The number of hydrogen-bond acceptors (Lipinski definition) is 2. The molecule has 0 amide bonds. The molecule has 0 radical (unpaired) electrons. The summed E-state index contributed by atoms with van der Waals surface area (Å²) in [6, 6.07) is 16.1. The molecule has 0 bridgehead atoms. The van der Waals surface area contributed by atoms with Gasteiger partial charge in [-0.3, -0.25) is 0 Å². The van der Waals surface area contributed by atoms with Gasteiger partial charge in [0, 0.05) is 11.6 Å². The molecule has 0 heterocycles. The van der Waals surface area contributed by atoms with E-state index in [4.69, 9.17) is 10.5 Å². The summed E-state index contributed by atoms with van der Waals surface area (Å²) in [6.07, 6.45) is 0. The number of benzene rings is 2. The Hall–Kier alpha value is -1.80. The minimum absolute atomic E-state index is 0.0444. The molecule has 2 nitrogen and oxygen atoms in total. The lowest BCUT2D eigenvalue weighted by Crippen LogP contribution is -2.11. The van der Waals surface area contributed by atoms with Crippen LogP contribution in [0.3, 0.4) is 0 Å². The van der Waals surface area contributed by atoms with Gasteiger partial charge in [-0.15, -0.1) is 0 Å². The molecule has 2 N–H and O–H groups in total. The van der Waals surface area contributed by atoms with Crippen molar-refractivity contribution in [1.82, 2.24) is 0 Å². The molecule has 0 fully saturated rings. The van der Waals surface area contributed by atoms with Crippen molar-refractivity contribution in [3.8, 4) is 11.5 Å². The van der Waals surface area contributed by atoms with Crippen LogP contribution in [-0.4, -0.2) is 0 Å². The lowest BCUT2D eigenvalue weighted by atomic mass is 9.87. The minimum Gasteiger partial charge on any atom is -0.457 e. The van der Waals surface area contributed by atoms with Crippen LogP contribution in [0.4, 0.5) is 0 Å². The van der Waals surface area contributed by atoms with Crippen molar-refractivity contribution in [2.75, 3.05) is 0 Å². The molecular weight excluding hydrogens is 246 g/mol. The SMILES string of the molecule is C[C@@H](N)c1ccccc1Oc1cccc(C(C)(C)C)c1. The van der Waals surface area contributed by atoms with E-state index in [0.29, 0.717) is 0 Å². The molecule has 20 heavy (non-hydrogen) atoms. The van der Waals surface area contributed by atoms with Crippen LogP contribution in [0.15, 0.2) is 48.5 Å². The van der Waals surface area contributed by atoms with Crippen molar-refractivity contribution in [2.24, 2.45) is 5.73 Å². The minimum atomic E-state index is -0.0444. The Balaban J connectivity index is 2.31. The molecule has 0 aliphatic carbocycles. The van der Waals surface area contributed by atoms with E-state index < -0.39 is 0 Å². The average molecular weight is 269 g/mol. The Morgan fingerprint density at radius 2 is 1.70 bits per heavy atom. The molecule has 0 aromatic heterocycles. The third-order valence-corrected chi connectivity index (χ3v) is 3.34. The largest absolute Gasteiger partial charge is 0.457 e. The van der Waals surface area contributed by atoms with Crippen LogP contribution >= 0.6 is 0 Å². The molecule has 0 saturated heterocycles. The number of rotatable bonds is 3. The summed E-state index contributed by atoms with van der Waals surface area (Å²) < 4.78 is 6.03. The molecule has 106 valence electrons. The normalized spacial score (nSPS) is 13.1. The van der Waals surface area contributed by atoms with Gasteiger partial charge >= 0.3 is 0 Å². The highest BCUT2D eigenvalue weighted by molar-refractivity contribution is 5.41. The zero-order valence-corrected chi connectivity index (χ0v) is 12.7. The van der Waals surface area contributed by atoms with Crippen molar-refractivity contribution in [1.29, 1.82) is 0 Å². The summed E-state index contributed by atoms with van der Waals surface area (Å²) in [7, 11) is 0. The van der Waals surface area contributed by atoms with Gasteiger partial charge in [0.25, 0.3) is 0 Å². The highest BCUT2D eigenvalue weighted by Crippen LogP contribution is 2.31. The van der Waals surface area contributed by atoms with Gasteiger partial charge in [0.15, 0.2) is 0 Å². The van der Waals surface area contributed by atoms with Crippen LogP contribution in [0.5, 0.6) is 11.5 Å². The molecule has 2 heteroatoms. The summed E-state index contributed by atoms with van der Waals surface area (Å²) in [5.74, 6) is 1.68. The first-order chi connectivity index (χ1) is 9.38. The Morgan fingerprint density at radius 1 is 1.00 bits per heavy atom. The molecule has 0 aliphatic heterocycles. The maximum atomic E-state index is 6.03. The van der Waals surface area contributed by atoms with Gasteiger partial charge in [0.2, 0.25) is 0 Å². The number of nitrogens with two attached hydrogens (primary N) is 1. The summed E-state index contributed by atoms with van der Waals surface area (Å²) in [5, 5.41) is 0. The summed E-state index contributed by atoms with van der Waals surface area (Å²) in [5.41, 5.74) is 8.38. The first kappa shape index (κ1) is 14.6. The van der Waals surface area contributed by atoms with Crippen molar-refractivity contribution in [3.63, 3.8) is 0 Å². The third-order valence-electron chi connectivity index (χ3n) is 3.34. The van der Waals surface area contributed by atoms with Crippen LogP contribution in [0.2, 0.25) is 0 Å². The van der Waals surface area contributed by atoms with Gasteiger partial charge in [-0.05, 0) is 36.1 Å². The number of hydrogen-bond donors (Lipinski definition) is 1. The van der Waals surface area contributed by atoms with E-state index in [9.17, 15) is 0 Å². The molecular formula is C18H23NO. The van der Waals surface area contributed by atoms with Crippen molar-refractivity contribution >= 4 is 0 Å². The van der Waals surface area contributed by atoms with Gasteiger partial charge in [-0.2, -0.15) is 0 Å². The van der Waals surface area contributed by atoms with E-state index in [2.05, 4.69) is 32.9 Å². The Bertz CT molecular complexity index is 582. The molecule has 2 aromatic rings. The van der Waals surface area contributed by atoms with Crippen LogP contribution in [0, 0.1) is 0 Å². The quantitative estimate of drug-likeness (QED) is 0.869. The van der Waals surface area contributed by atoms with Gasteiger partial charge in [0.05, 0.1) is 0 Å². The standard InChI is InChI=1S/C18H23NO/c1-13(19)16-10-5-6-11-17(16)20-15-9-7-8-14(12-15)18(2,3)4/h5-13H,19H2,1-4H3/t13-/m1/s1. The predicted octanol–water partition coefficient (Wildman–Crippen LogP) is 4.80. The van der Waals surface area contributed by atoms with Crippen LogP contribution in [0.25, 0.3) is 0 Å². The molecule has 2 rings (SSSR count). The van der Waals surface area contributed by atoms with Gasteiger partial charge in [0.1, 0.15) is 11.5 Å². The second kappa shape index (κ2) is 5.68. The van der Waals surface area contributed by atoms with E-state index in [1.807, 2.05) is 43.3 Å². The van der Waals surface area contributed by atoms with E-state index in [-0.39, 0.29) is 11.5 Å². The number of ether oxygens (including phenoxy) is 1. The van der Waals surface area contributed by atoms with Crippen molar-refractivity contribution in [2.45, 2.75) is 39.2 Å². The van der Waals surface area contributed by atoms with Crippen molar-refractivity contribution < 1.29 is 4.74 Å². The van der Waals surface area contributed by atoms with Crippen LogP contribution in [0.1, 0.15) is 44.9 Å². The second-order valence-electron chi connectivity index (χ2n) is 6.21. The highest BCUT2D eigenvalue weighted by atomic mass is 16.5. The topological polar surface area (TPSA) is 35.2 Å². The van der Waals surface area contributed by atoms with E-state index in [1.165, 1.54) is 5.56 Å². The lowest BCUT2D eigenvalue weighted by Gasteiger charge is -2.20. The zero-order valence-electron chi connectivity index (χ0n) is 12.7. The van der Waals surface area contributed by atoms with E-state index in [1.54, 1.807) is 0 Å². The van der Waals surface area contributed by atoms with Crippen LogP contribution in [-0.2, 0) is 5.41 Å². The fourth-order valence-corrected chi connectivity index (χ4v) is 2.10. The zero-order chi connectivity index (χ0) is 14.8. The van der Waals surface area contributed by atoms with Gasteiger partial charge < -0.3 is 10.5 Å². The average Bonchev–Trinajstić information content (AvgIpc) is 2.38. The molecule has 0 spiro atoms. The molecule has 2 aromatic carbocycles. The fraction of sp³-hybridized carbons (Fsp3) is 0.333. The molecule has 1 atom stereocenters. The Labute approximate surface area is 121 Å². The maximum absolute atomic E-state index is 6.03. The molecule has 0 saturated carbocycles. The maximum Gasteiger partial charge on any atom is 0.132 e. The summed E-state index contributed by atoms with van der Waals surface area (Å²) >= 11 is 0. The smallest absolute Gasteiger partial charge is 0.132 e.